The third-order valence-electron chi connectivity index (χ3n) is 3.83. The van der Waals surface area contributed by atoms with Gasteiger partial charge in [-0.25, -0.2) is 0 Å². The summed E-state index contributed by atoms with van der Waals surface area (Å²) in [4.78, 5) is 3.96. The van der Waals surface area contributed by atoms with E-state index in [2.05, 4.69) is 46.8 Å². The first-order chi connectivity index (χ1) is 9.70. The van der Waals surface area contributed by atoms with Gasteiger partial charge in [0.15, 0.2) is 0 Å². The maximum absolute atomic E-state index is 4.63. The first kappa shape index (κ1) is 13.6. The molecule has 2 heterocycles. The van der Waals surface area contributed by atoms with Crippen LogP contribution in [0, 0.1) is 6.92 Å². The van der Waals surface area contributed by atoms with E-state index in [0.717, 1.165) is 18.8 Å². The molecular weight excluding hydrogens is 268 g/mol. The molecule has 2 aromatic rings. The van der Waals surface area contributed by atoms with Gasteiger partial charge in [0, 0.05) is 30.1 Å². The van der Waals surface area contributed by atoms with E-state index >= 15 is 0 Å². The van der Waals surface area contributed by atoms with Gasteiger partial charge in [0.05, 0.1) is 12.2 Å². The fraction of sp³-hybridized carbons (Fsp3) is 0.533. The minimum atomic E-state index is 0.683. The molecule has 0 saturated heterocycles. The topological polar surface area (TPSA) is 33.1 Å². The average Bonchev–Trinajstić information content (AvgIpc) is 3.06. The number of aromatic nitrogens is 2. The largest absolute Gasteiger partial charge is 0.348 e. The summed E-state index contributed by atoms with van der Waals surface area (Å²) in [6, 6.07) is 5.04. The van der Waals surface area contributed by atoms with Crippen molar-refractivity contribution in [3.8, 4) is 0 Å². The predicted octanol–water partition coefficient (Wildman–Crippen LogP) is 2.68. The van der Waals surface area contributed by atoms with Crippen molar-refractivity contribution in [2.75, 3.05) is 11.9 Å². The minimum Gasteiger partial charge on any atom is -0.348 e. The second kappa shape index (κ2) is 5.58. The van der Waals surface area contributed by atoms with E-state index in [1.54, 1.807) is 0 Å². The lowest BCUT2D eigenvalue weighted by molar-refractivity contribution is 0.689. The Labute approximate surface area is 124 Å². The Morgan fingerprint density at radius 3 is 2.90 bits per heavy atom. The van der Waals surface area contributed by atoms with E-state index in [0.29, 0.717) is 6.04 Å². The molecule has 3 rings (SSSR count). The summed E-state index contributed by atoms with van der Waals surface area (Å²) < 4.78 is 2.05. The second-order valence-corrected chi connectivity index (χ2v) is 6.51. The molecule has 1 aliphatic rings. The zero-order valence-corrected chi connectivity index (χ0v) is 13.2. The summed E-state index contributed by atoms with van der Waals surface area (Å²) in [7, 11) is 4.06. The molecule has 0 atom stereocenters. The molecule has 0 bridgehead atoms. The number of nitrogens with one attached hydrogen (secondary N) is 1. The predicted molar refractivity (Wildman–Crippen MR) is 84.2 cm³/mol. The molecule has 0 aliphatic heterocycles. The van der Waals surface area contributed by atoms with Crippen LogP contribution in [0.3, 0.4) is 0 Å². The molecule has 4 nitrogen and oxygen atoms in total. The molecule has 108 valence electrons. The standard InChI is InChI=1S/C15H22N4S/c1-11-14(9-16-2)15(18(3)17-11)19(12-6-7-12)10-13-5-4-8-20-13/h4-5,8,12,16H,6-7,9-10H2,1-3H3. The van der Waals surface area contributed by atoms with Crippen LogP contribution in [0.15, 0.2) is 17.5 Å². The molecule has 0 aromatic carbocycles. The van der Waals surface area contributed by atoms with Crippen molar-refractivity contribution >= 4 is 17.2 Å². The zero-order valence-electron chi connectivity index (χ0n) is 12.4. The van der Waals surface area contributed by atoms with Crippen LogP contribution in [0.1, 0.15) is 29.0 Å². The normalized spacial score (nSPS) is 14.8. The van der Waals surface area contributed by atoms with Gasteiger partial charge in [0.25, 0.3) is 0 Å². The fourth-order valence-corrected chi connectivity index (χ4v) is 3.47. The number of anilines is 1. The summed E-state index contributed by atoms with van der Waals surface area (Å²) in [6.07, 6.45) is 2.60. The van der Waals surface area contributed by atoms with E-state index in [1.807, 2.05) is 23.1 Å². The third-order valence-corrected chi connectivity index (χ3v) is 4.69. The van der Waals surface area contributed by atoms with Crippen LogP contribution in [-0.4, -0.2) is 22.9 Å². The summed E-state index contributed by atoms with van der Waals surface area (Å²) in [6.45, 7) is 3.98. The molecule has 20 heavy (non-hydrogen) atoms. The number of thiophene rings is 1. The lowest BCUT2D eigenvalue weighted by atomic mass is 10.2. The fourth-order valence-electron chi connectivity index (χ4n) is 2.77. The SMILES string of the molecule is CNCc1c(C)nn(C)c1N(Cc1cccs1)C1CC1. The van der Waals surface area contributed by atoms with Crippen LogP contribution in [0.4, 0.5) is 5.82 Å². The van der Waals surface area contributed by atoms with Crippen molar-refractivity contribution in [2.24, 2.45) is 7.05 Å². The van der Waals surface area contributed by atoms with Crippen LogP contribution in [0.5, 0.6) is 0 Å². The van der Waals surface area contributed by atoms with E-state index in [9.17, 15) is 0 Å². The van der Waals surface area contributed by atoms with E-state index < -0.39 is 0 Å². The number of hydrogen-bond donors (Lipinski definition) is 1. The molecule has 2 aromatic heterocycles. The lowest BCUT2D eigenvalue weighted by Gasteiger charge is -2.25. The third kappa shape index (κ3) is 2.60. The van der Waals surface area contributed by atoms with Gasteiger partial charge in [-0.15, -0.1) is 11.3 Å². The van der Waals surface area contributed by atoms with Gasteiger partial charge < -0.3 is 10.2 Å². The molecule has 1 fully saturated rings. The van der Waals surface area contributed by atoms with Gasteiger partial charge in [-0.05, 0) is 38.3 Å². The number of rotatable bonds is 6. The Bertz CT molecular complexity index is 569. The maximum atomic E-state index is 4.63. The average molecular weight is 290 g/mol. The van der Waals surface area contributed by atoms with E-state index in [-0.39, 0.29) is 0 Å². The Balaban J connectivity index is 1.94. The van der Waals surface area contributed by atoms with E-state index in [4.69, 9.17) is 0 Å². The number of nitrogens with zero attached hydrogens (tertiary/aromatic N) is 3. The van der Waals surface area contributed by atoms with E-state index in [1.165, 1.54) is 29.1 Å². The van der Waals surface area contributed by atoms with Gasteiger partial charge >= 0.3 is 0 Å². The second-order valence-electron chi connectivity index (χ2n) is 5.48. The maximum Gasteiger partial charge on any atom is 0.131 e. The van der Waals surface area contributed by atoms with Gasteiger partial charge in [0.1, 0.15) is 5.82 Å². The monoisotopic (exact) mass is 290 g/mol. The van der Waals surface area contributed by atoms with Crippen molar-refractivity contribution < 1.29 is 0 Å². The van der Waals surface area contributed by atoms with Crippen molar-refractivity contribution in [3.63, 3.8) is 0 Å². The first-order valence-electron chi connectivity index (χ1n) is 7.16. The highest BCUT2D eigenvalue weighted by atomic mass is 32.1. The quantitative estimate of drug-likeness (QED) is 0.888. The first-order valence-corrected chi connectivity index (χ1v) is 8.04. The molecule has 0 amide bonds. The Hall–Kier alpha value is -1.33. The summed E-state index contributed by atoms with van der Waals surface area (Å²) >= 11 is 1.84. The zero-order chi connectivity index (χ0) is 14.1. The van der Waals surface area contributed by atoms with Crippen molar-refractivity contribution in [1.82, 2.24) is 15.1 Å². The van der Waals surface area contributed by atoms with Crippen LogP contribution in [0.2, 0.25) is 0 Å². The van der Waals surface area contributed by atoms with Crippen molar-refractivity contribution in [3.05, 3.63) is 33.6 Å². The van der Waals surface area contributed by atoms with Gasteiger partial charge in [-0.3, -0.25) is 4.68 Å². The summed E-state index contributed by atoms with van der Waals surface area (Å²) in [5.41, 5.74) is 2.46. The molecular formula is C15H22N4S. The van der Waals surface area contributed by atoms with Crippen LogP contribution < -0.4 is 10.2 Å². The van der Waals surface area contributed by atoms with Crippen LogP contribution in [-0.2, 0) is 20.1 Å². The van der Waals surface area contributed by atoms with Gasteiger partial charge in [-0.2, -0.15) is 5.10 Å². The highest BCUT2D eigenvalue weighted by molar-refractivity contribution is 7.09. The Kier molecular flexibility index (Phi) is 3.81. The van der Waals surface area contributed by atoms with Gasteiger partial charge in [0.2, 0.25) is 0 Å². The smallest absolute Gasteiger partial charge is 0.131 e. The minimum absolute atomic E-state index is 0.683. The molecule has 1 N–H and O–H groups in total. The van der Waals surface area contributed by atoms with Gasteiger partial charge in [-0.1, -0.05) is 6.07 Å². The highest BCUT2D eigenvalue weighted by Crippen LogP contribution is 2.36. The Morgan fingerprint density at radius 2 is 2.30 bits per heavy atom. The molecule has 0 spiro atoms. The summed E-state index contributed by atoms with van der Waals surface area (Å²) in [5, 5.41) is 10.1. The Morgan fingerprint density at radius 1 is 1.50 bits per heavy atom. The molecule has 0 radical (unpaired) electrons. The molecule has 0 unspecified atom stereocenters. The van der Waals surface area contributed by atoms with Crippen molar-refractivity contribution in [1.29, 1.82) is 0 Å². The number of hydrogen-bond acceptors (Lipinski definition) is 4. The molecule has 5 heteroatoms. The summed E-state index contributed by atoms with van der Waals surface area (Å²) in [5.74, 6) is 1.28. The lowest BCUT2D eigenvalue weighted by Crippen LogP contribution is -2.28. The molecule has 1 aliphatic carbocycles. The van der Waals surface area contributed by atoms with Crippen LogP contribution in [0.25, 0.3) is 0 Å². The number of aryl methyl sites for hydroxylation is 2. The molecule has 1 saturated carbocycles. The van der Waals surface area contributed by atoms with Crippen LogP contribution >= 0.6 is 11.3 Å². The highest BCUT2D eigenvalue weighted by Gasteiger charge is 2.33. The van der Waals surface area contributed by atoms with Crippen molar-refractivity contribution in [2.45, 2.75) is 38.9 Å².